The minimum atomic E-state index is 0.279. The van der Waals surface area contributed by atoms with Crippen molar-refractivity contribution in [1.82, 2.24) is 9.78 Å². The Bertz CT molecular complexity index is 613. The normalized spacial score (nSPS) is 9.83. The Morgan fingerprint density at radius 1 is 1.33 bits per heavy atom. The van der Waals surface area contributed by atoms with Crippen LogP contribution in [0.25, 0.3) is 5.69 Å². The molecule has 0 bridgehead atoms. The van der Waals surface area contributed by atoms with E-state index < -0.39 is 0 Å². The number of nitriles is 1. The van der Waals surface area contributed by atoms with Gasteiger partial charge in [-0.3, -0.25) is 0 Å². The molecule has 0 aliphatic carbocycles. The summed E-state index contributed by atoms with van der Waals surface area (Å²) in [5, 5.41) is 12.9. The third kappa shape index (κ3) is 1.82. The van der Waals surface area contributed by atoms with Crippen LogP contribution in [0.4, 0.5) is 5.82 Å². The molecule has 0 atom stereocenters. The monoisotopic (exact) mass is 244 g/mol. The second-order valence-electron chi connectivity index (χ2n) is 3.50. The summed E-state index contributed by atoms with van der Waals surface area (Å²) in [6.07, 6.45) is 1.42. The Morgan fingerprint density at radius 3 is 2.67 bits per heavy atom. The van der Waals surface area contributed by atoms with Crippen molar-refractivity contribution in [2.75, 3.05) is 20.0 Å². The first-order valence-electron chi connectivity index (χ1n) is 5.17. The van der Waals surface area contributed by atoms with Crippen molar-refractivity contribution in [3.63, 3.8) is 0 Å². The summed E-state index contributed by atoms with van der Waals surface area (Å²) in [5.74, 6) is 1.51. The number of benzene rings is 1. The summed E-state index contributed by atoms with van der Waals surface area (Å²) >= 11 is 0. The molecular formula is C12H12N4O2. The zero-order chi connectivity index (χ0) is 13.1. The van der Waals surface area contributed by atoms with Crippen molar-refractivity contribution in [1.29, 1.82) is 5.26 Å². The highest BCUT2D eigenvalue weighted by Gasteiger charge is 2.13. The van der Waals surface area contributed by atoms with E-state index in [9.17, 15) is 0 Å². The highest BCUT2D eigenvalue weighted by molar-refractivity contribution is 5.58. The van der Waals surface area contributed by atoms with E-state index in [-0.39, 0.29) is 5.82 Å². The molecule has 92 valence electrons. The number of hydrogen-bond acceptors (Lipinski definition) is 5. The van der Waals surface area contributed by atoms with Gasteiger partial charge in [0.15, 0.2) is 0 Å². The number of methoxy groups -OCH3 is 2. The fourth-order valence-corrected chi connectivity index (χ4v) is 1.60. The molecular weight excluding hydrogens is 232 g/mol. The summed E-state index contributed by atoms with van der Waals surface area (Å²) in [7, 11) is 3.12. The van der Waals surface area contributed by atoms with Crippen LogP contribution in [0.15, 0.2) is 24.4 Å². The van der Waals surface area contributed by atoms with Gasteiger partial charge in [-0.2, -0.15) is 10.4 Å². The first-order valence-corrected chi connectivity index (χ1v) is 5.17. The smallest absolute Gasteiger partial charge is 0.148 e. The van der Waals surface area contributed by atoms with Gasteiger partial charge in [0.1, 0.15) is 34.6 Å². The van der Waals surface area contributed by atoms with Crippen LogP contribution in [0.1, 0.15) is 5.56 Å². The van der Waals surface area contributed by atoms with E-state index in [0.717, 1.165) is 0 Å². The standard InChI is InChI=1S/C12H12N4O2/c1-17-9-3-4-10(11(5-9)18-2)16-12(14)8(6-13)7-15-16/h3-5,7H,14H2,1-2H3. The summed E-state index contributed by atoms with van der Waals surface area (Å²) in [5.41, 5.74) is 6.81. The lowest BCUT2D eigenvalue weighted by molar-refractivity contribution is 0.392. The third-order valence-corrected chi connectivity index (χ3v) is 2.54. The Hall–Kier alpha value is -2.68. The maximum absolute atomic E-state index is 8.85. The van der Waals surface area contributed by atoms with Crippen LogP contribution in [0.3, 0.4) is 0 Å². The quantitative estimate of drug-likeness (QED) is 0.880. The average Bonchev–Trinajstić information content (AvgIpc) is 2.78. The molecule has 0 unspecified atom stereocenters. The first kappa shape index (κ1) is 11.8. The number of aromatic nitrogens is 2. The zero-order valence-electron chi connectivity index (χ0n) is 10.0. The van der Waals surface area contributed by atoms with Crippen LogP contribution in [-0.2, 0) is 0 Å². The molecule has 0 saturated carbocycles. The molecule has 0 aliphatic heterocycles. The van der Waals surface area contributed by atoms with Gasteiger partial charge in [0, 0.05) is 6.07 Å². The van der Waals surface area contributed by atoms with Gasteiger partial charge < -0.3 is 15.2 Å². The van der Waals surface area contributed by atoms with Crippen molar-refractivity contribution in [3.8, 4) is 23.3 Å². The molecule has 2 N–H and O–H groups in total. The topological polar surface area (TPSA) is 86.1 Å². The summed E-state index contributed by atoms with van der Waals surface area (Å²) in [6, 6.07) is 7.23. The van der Waals surface area contributed by atoms with E-state index in [1.165, 1.54) is 10.9 Å². The molecule has 6 heteroatoms. The van der Waals surface area contributed by atoms with Gasteiger partial charge in [0.2, 0.25) is 0 Å². The average molecular weight is 244 g/mol. The number of ether oxygens (including phenoxy) is 2. The van der Waals surface area contributed by atoms with Crippen molar-refractivity contribution >= 4 is 5.82 Å². The minimum absolute atomic E-state index is 0.279. The second-order valence-corrected chi connectivity index (χ2v) is 3.50. The minimum Gasteiger partial charge on any atom is -0.497 e. The van der Waals surface area contributed by atoms with Crippen LogP contribution in [0.5, 0.6) is 11.5 Å². The summed E-state index contributed by atoms with van der Waals surface area (Å²) < 4.78 is 11.8. The van der Waals surface area contributed by atoms with Gasteiger partial charge in [0.25, 0.3) is 0 Å². The second kappa shape index (κ2) is 4.67. The maximum Gasteiger partial charge on any atom is 0.148 e. The predicted molar refractivity (Wildman–Crippen MR) is 65.8 cm³/mol. The van der Waals surface area contributed by atoms with Crippen LogP contribution in [-0.4, -0.2) is 24.0 Å². The highest BCUT2D eigenvalue weighted by atomic mass is 16.5. The number of nitrogens with two attached hydrogens (primary N) is 1. The van der Waals surface area contributed by atoms with E-state index in [1.54, 1.807) is 32.4 Å². The largest absolute Gasteiger partial charge is 0.497 e. The number of hydrogen-bond donors (Lipinski definition) is 1. The number of nitrogen functional groups attached to an aromatic ring is 1. The van der Waals surface area contributed by atoms with Gasteiger partial charge in [0.05, 0.1) is 20.4 Å². The lowest BCUT2D eigenvalue weighted by Crippen LogP contribution is -2.04. The third-order valence-electron chi connectivity index (χ3n) is 2.54. The first-order chi connectivity index (χ1) is 8.71. The molecule has 2 rings (SSSR count). The van der Waals surface area contributed by atoms with Crippen LogP contribution < -0.4 is 15.2 Å². The lowest BCUT2D eigenvalue weighted by Gasteiger charge is -2.11. The van der Waals surface area contributed by atoms with Crippen LogP contribution in [0.2, 0.25) is 0 Å². The van der Waals surface area contributed by atoms with Gasteiger partial charge in [-0.05, 0) is 12.1 Å². The molecule has 18 heavy (non-hydrogen) atoms. The van der Waals surface area contributed by atoms with Crippen LogP contribution >= 0.6 is 0 Å². The van der Waals surface area contributed by atoms with Gasteiger partial charge in [-0.1, -0.05) is 0 Å². The molecule has 0 fully saturated rings. The Morgan fingerprint density at radius 2 is 2.11 bits per heavy atom. The molecule has 1 heterocycles. The lowest BCUT2D eigenvalue weighted by atomic mass is 10.2. The van der Waals surface area contributed by atoms with Crippen molar-refractivity contribution in [2.45, 2.75) is 0 Å². The molecule has 0 saturated heterocycles. The molecule has 0 aliphatic rings. The Labute approximate surface area is 104 Å². The predicted octanol–water partition coefficient (Wildman–Crippen LogP) is 1.34. The molecule has 2 aromatic rings. The number of rotatable bonds is 3. The number of nitrogens with zero attached hydrogens (tertiary/aromatic N) is 3. The van der Waals surface area contributed by atoms with E-state index in [2.05, 4.69) is 5.10 Å². The van der Waals surface area contributed by atoms with E-state index >= 15 is 0 Å². The highest BCUT2D eigenvalue weighted by Crippen LogP contribution is 2.29. The maximum atomic E-state index is 8.85. The Balaban J connectivity index is 2.57. The SMILES string of the molecule is COc1ccc(-n2ncc(C#N)c2N)c(OC)c1. The summed E-state index contributed by atoms with van der Waals surface area (Å²) in [6.45, 7) is 0. The van der Waals surface area contributed by atoms with E-state index in [0.29, 0.717) is 22.7 Å². The summed E-state index contributed by atoms with van der Waals surface area (Å²) in [4.78, 5) is 0. The number of anilines is 1. The zero-order valence-corrected chi connectivity index (χ0v) is 10.0. The van der Waals surface area contributed by atoms with Crippen molar-refractivity contribution in [3.05, 3.63) is 30.0 Å². The molecule has 0 amide bonds. The molecule has 0 spiro atoms. The van der Waals surface area contributed by atoms with Gasteiger partial charge in [-0.25, -0.2) is 4.68 Å². The van der Waals surface area contributed by atoms with Crippen molar-refractivity contribution < 1.29 is 9.47 Å². The van der Waals surface area contributed by atoms with E-state index in [1.807, 2.05) is 6.07 Å². The fraction of sp³-hybridized carbons (Fsp3) is 0.167. The van der Waals surface area contributed by atoms with E-state index in [4.69, 9.17) is 20.5 Å². The molecule has 0 radical (unpaired) electrons. The van der Waals surface area contributed by atoms with Gasteiger partial charge in [-0.15, -0.1) is 0 Å². The molecule has 1 aromatic heterocycles. The Kier molecular flexibility index (Phi) is 3.06. The van der Waals surface area contributed by atoms with Crippen molar-refractivity contribution in [2.24, 2.45) is 0 Å². The molecule has 1 aromatic carbocycles. The molecule has 6 nitrogen and oxygen atoms in total. The van der Waals surface area contributed by atoms with Gasteiger partial charge >= 0.3 is 0 Å². The van der Waals surface area contributed by atoms with Crippen LogP contribution in [0, 0.1) is 11.3 Å². The fourth-order valence-electron chi connectivity index (χ4n) is 1.60.